The molecule has 1 N–H and O–H groups in total. The summed E-state index contributed by atoms with van der Waals surface area (Å²) in [6.45, 7) is 0.680. The minimum Gasteiger partial charge on any atom is -0.479 e. The Morgan fingerprint density at radius 3 is 2.94 bits per heavy atom. The number of carboxylic acids is 1. The van der Waals surface area contributed by atoms with E-state index in [1.54, 1.807) is 17.8 Å². The van der Waals surface area contributed by atoms with Gasteiger partial charge in [0.25, 0.3) is 5.91 Å². The van der Waals surface area contributed by atoms with E-state index in [0.29, 0.717) is 12.2 Å². The van der Waals surface area contributed by atoms with Gasteiger partial charge in [-0.2, -0.15) is 0 Å². The van der Waals surface area contributed by atoms with E-state index in [9.17, 15) is 9.59 Å². The van der Waals surface area contributed by atoms with Crippen molar-refractivity contribution in [1.29, 1.82) is 0 Å². The van der Waals surface area contributed by atoms with E-state index in [0.717, 1.165) is 0 Å². The molecule has 1 unspecified atom stereocenters. The smallest absolute Gasteiger partial charge is 0.334 e. The Kier molecular flexibility index (Phi) is 3.10. The highest BCUT2D eigenvalue weighted by atomic mass is 16.5. The third-order valence-electron chi connectivity index (χ3n) is 2.55. The number of imidazole rings is 1. The molecule has 1 aliphatic heterocycles. The monoisotopic (exact) mass is 239 g/mol. The number of aryl methyl sites for hydroxylation is 1. The van der Waals surface area contributed by atoms with E-state index in [1.165, 1.54) is 11.2 Å². The number of hydrogen-bond donors (Lipinski definition) is 1. The van der Waals surface area contributed by atoms with E-state index >= 15 is 0 Å². The van der Waals surface area contributed by atoms with Gasteiger partial charge in [0.2, 0.25) is 0 Å². The average Bonchev–Trinajstić information content (AvgIpc) is 2.75. The zero-order chi connectivity index (χ0) is 12.4. The highest BCUT2D eigenvalue weighted by molar-refractivity contribution is 5.92. The minimum atomic E-state index is -1.05. The molecule has 1 amide bonds. The first kappa shape index (κ1) is 11.6. The number of carbonyl (C=O) groups is 2. The van der Waals surface area contributed by atoms with Crippen molar-refractivity contribution in [3.05, 3.63) is 18.2 Å². The van der Waals surface area contributed by atoms with Gasteiger partial charge in [-0.1, -0.05) is 0 Å². The van der Waals surface area contributed by atoms with E-state index < -0.39 is 12.1 Å². The standard InChI is InChI=1S/C10H13N3O4/c1-12-4-7(11-6-12)9(14)13-2-3-17-8(5-13)10(15)16/h4,6,8H,2-3,5H2,1H3,(H,15,16). The van der Waals surface area contributed by atoms with Crippen LogP contribution in [-0.4, -0.2) is 57.2 Å². The fraction of sp³-hybridized carbons (Fsp3) is 0.500. The molecule has 7 heteroatoms. The van der Waals surface area contributed by atoms with Crippen LogP contribution in [0.3, 0.4) is 0 Å². The van der Waals surface area contributed by atoms with Crippen LogP contribution in [0.15, 0.2) is 12.5 Å². The topological polar surface area (TPSA) is 84.7 Å². The second-order valence-corrected chi connectivity index (χ2v) is 3.87. The summed E-state index contributed by atoms with van der Waals surface area (Å²) in [5.74, 6) is -1.32. The van der Waals surface area contributed by atoms with Crippen molar-refractivity contribution < 1.29 is 19.4 Å². The summed E-state index contributed by atoms with van der Waals surface area (Å²) < 4.78 is 6.71. The molecule has 0 bridgehead atoms. The minimum absolute atomic E-state index is 0.0603. The Labute approximate surface area is 97.6 Å². The number of aromatic nitrogens is 2. The molecular formula is C10H13N3O4. The van der Waals surface area contributed by atoms with Crippen LogP contribution >= 0.6 is 0 Å². The SMILES string of the molecule is Cn1cnc(C(=O)N2CCOC(C(=O)O)C2)c1. The average molecular weight is 239 g/mol. The molecule has 0 saturated carbocycles. The number of carbonyl (C=O) groups excluding carboxylic acids is 1. The van der Waals surface area contributed by atoms with Crippen LogP contribution < -0.4 is 0 Å². The van der Waals surface area contributed by atoms with Crippen LogP contribution in [0.2, 0.25) is 0 Å². The molecule has 2 rings (SSSR count). The predicted molar refractivity (Wildman–Crippen MR) is 56.5 cm³/mol. The first-order valence-corrected chi connectivity index (χ1v) is 5.19. The zero-order valence-electron chi connectivity index (χ0n) is 9.37. The second kappa shape index (κ2) is 4.54. The number of aliphatic carboxylic acids is 1. The molecule has 1 saturated heterocycles. The molecule has 92 valence electrons. The van der Waals surface area contributed by atoms with Gasteiger partial charge in [0, 0.05) is 19.8 Å². The fourth-order valence-electron chi connectivity index (χ4n) is 1.67. The lowest BCUT2D eigenvalue weighted by atomic mass is 10.2. The van der Waals surface area contributed by atoms with Crippen molar-refractivity contribution in [2.75, 3.05) is 19.7 Å². The maximum atomic E-state index is 12.0. The third-order valence-corrected chi connectivity index (χ3v) is 2.55. The van der Waals surface area contributed by atoms with Crippen molar-refractivity contribution in [1.82, 2.24) is 14.5 Å². The van der Waals surface area contributed by atoms with Crippen LogP contribution in [0.5, 0.6) is 0 Å². The van der Waals surface area contributed by atoms with E-state index in [1.807, 2.05) is 0 Å². The van der Waals surface area contributed by atoms with Gasteiger partial charge < -0.3 is 19.3 Å². The lowest BCUT2D eigenvalue weighted by molar-refractivity contribution is -0.154. The van der Waals surface area contributed by atoms with Gasteiger partial charge >= 0.3 is 5.97 Å². The maximum absolute atomic E-state index is 12.0. The van der Waals surface area contributed by atoms with Gasteiger partial charge in [-0.3, -0.25) is 4.79 Å². The summed E-state index contributed by atoms with van der Waals surface area (Å²) in [6.07, 6.45) is 2.19. The van der Waals surface area contributed by atoms with Gasteiger partial charge in [0.1, 0.15) is 5.69 Å². The summed E-state index contributed by atoms with van der Waals surface area (Å²) >= 11 is 0. The highest BCUT2D eigenvalue weighted by Crippen LogP contribution is 2.09. The molecule has 1 aliphatic rings. The largest absolute Gasteiger partial charge is 0.479 e. The Morgan fingerprint density at radius 2 is 2.35 bits per heavy atom. The molecule has 1 aromatic heterocycles. The Morgan fingerprint density at radius 1 is 1.59 bits per heavy atom. The van der Waals surface area contributed by atoms with Crippen LogP contribution in [-0.2, 0) is 16.6 Å². The molecular weight excluding hydrogens is 226 g/mol. The molecule has 1 aromatic rings. The molecule has 0 aliphatic carbocycles. The number of morpholine rings is 1. The number of hydrogen-bond acceptors (Lipinski definition) is 4. The van der Waals surface area contributed by atoms with Crippen LogP contribution in [0.25, 0.3) is 0 Å². The first-order chi connectivity index (χ1) is 8.08. The number of ether oxygens (including phenoxy) is 1. The van der Waals surface area contributed by atoms with Gasteiger partial charge in [-0.05, 0) is 0 Å². The number of carboxylic acid groups (broad SMARTS) is 1. The molecule has 0 radical (unpaired) electrons. The Balaban J connectivity index is 2.07. The third kappa shape index (κ3) is 2.44. The van der Waals surface area contributed by atoms with E-state index in [2.05, 4.69) is 4.98 Å². The van der Waals surface area contributed by atoms with Crippen molar-refractivity contribution in [2.45, 2.75) is 6.10 Å². The van der Waals surface area contributed by atoms with Gasteiger partial charge in [0.15, 0.2) is 6.10 Å². The second-order valence-electron chi connectivity index (χ2n) is 3.87. The summed E-state index contributed by atoms with van der Waals surface area (Å²) in [7, 11) is 1.77. The molecule has 17 heavy (non-hydrogen) atoms. The highest BCUT2D eigenvalue weighted by Gasteiger charge is 2.30. The van der Waals surface area contributed by atoms with Crippen molar-refractivity contribution in [2.24, 2.45) is 7.05 Å². The van der Waals surface area contributed by atoms with Crippen molar-refractivity contribution >= 4 is 11.9 Å². The quantitative estimate of drug-likeness (QED) is 0.741. The van der Waals surface area contributed by atoms with Crippen molar-refractivity contribution in [3.8, 4) is 0 Å². The molecule has 2 heterocycles. The van der Waals surface area contributed by atoms with Crippen LogP contribution in [0, 0.1) is 0 Å². The van der Waals surface area contributed by atoms with Gasteiger partial charge in [-0.25, -0.2) is 9.78 Å². The molecule has 7 nitrogen and oxygen atoms in total. The first-order valence-electron chi connectivity index (χ1n) is 5.19. The Bertz CT molecular complexity index is 443. The molecule has 0 aromatic carbocycles. The summed E-state index contributed by atoms with van der Waals surface area (Å²) in [4.78, 5) is 28.2. The van der Waals surface area contributed by atoms with Crippen molar-refractivity contribution in [3.63, 3.8) is 0 Å². The summed E-state index contributed by atoms with van der Waals surface area (Å²) in [6, 6.07) is 0. The Hall–Kier alpha value is -1.89. The molecule has 1 atom stereocenters. The molecule has 0 spiro atoms. The van der Waals surface area contributed by atoms with Gasteiger partial charge in [-0.15, -0.1) is 0 Å². The number of amides is 1. The normalized spacial score (nSPS) is 20.3. The van der Waals surface area contributed by atoms with Crippen LogP contribution in [0.1, 0.15) is 10.5 Å². The number of rotatable bonds is 2. The maximum Gasteiger partial charge on any atom is 0.334 e. The lowest BCUT2D eigenvalue weighted by Crippen LogP contribution is -2.48. The lowest BCUT2D eigenvalue weighted by Gasteiger charge is -2.30. The zero-order valence-corrected chi connectivity index (χ0v) is 9.37. The fourth-order valence-corrected chi connectivity index (χ4v) is 1.67. The number of nitrogens with zero attached hydrogens (tertiary/aromatic N) is 3. The molecule has 1 fully saturated rings. The summed E-state index contributed by atoms with van der Waals surface area (Å²) in [5, 5.41) is 8.83. The van der Waals surface area contributed by atoms with Gasteiger partial charge in [0.05, 0.1) is 19.5 Å². The van der Waals surface area contributed by atoms with E-state index in [4.69, 9.17) is 9.84 Å². The predicted octanol–water partition coefficient (Wildman–Crippen LogP) is -0.654. The van der Waals surface area contributed by atoms with Crippen LogP contribution in [0.4, 0.5) is 0 Å². The summed E-state index contributed by atoms with van der Waals surface area (Å²) in [5.41, 5.74) is 0.318. The van der Waals surface area contributed by atoms with E-state index in [-0.39, 0.29) is 19.1 Å².